The normalized spacial score (nSPS) is 17.3. The zero-order chi connectivity index (χ0) is 57.1. The van der Waals surface area contributed by atoms with Gasteiger partial charge < -0.3 is 84.2 Å². The fourth-order valence-corrected chi connectivity index (χ4v) is 7.49. The van der Waals surface area contributed by atoms with Gasteiger partial charge in [-0.25, -0.2) is 4.79 Å². The Morgan fingerprint density at radius 2 is 1.16 bits per heavy atom. The fraction of sp³-hybridized carbons (Fsp3) is 0.571. The lowest BCUT2D eigenvalue weighted by atomic mass is 10.0. The number of nitrogens with zero attached hydrogens (tertiary/aromatic N) is 1. The molecule has 75 heavy (non-hydrogen) atoms. The van der Waals surface area contributed by atoms with Gasteiger partial charge in [-0.05, 0) is 64.2 Å². The molecular weight excluding hydrogens is 1030 g/mol. The number of carboxylic acids is 3. The van der Waals surface area contributed by atoms with Crippen LogP contribution in [0.4, 0.5) is 0 Å². The van der Waals surface area contributed by atoms with E-state index in [-0.39, 0.29) is 30.7 Å². The molecule has 1 fully saturated rings. The maximum atomic E-state index is 14.2. The second-order valence-electron chi connectivity index (χ2n) is 17.3. The van der Waals surface area contributed by atoms with Crippen LogP contribution in [-0.2, 0) is 64.0 Å². The molecule has 0 saturated carbocycles. The first kappa shape index (κ1) is 63.9. The predicted octanol–water partition coefficient (Wildman–Crippen LogP) is -8.28. The number of nitrogens with one attached hydrogen (secondary N) is 7. The highest BCUT2D eigenvalue weighted by Gasteiger charge is 2.39. The number of amides is 9. The molecule has 0 radical (unpaired) electrons. The van der Waals surface area contributed by atoms with Crippen molar-refractivity contribution in [3.05, 3.63) is 29.8 Å². The highest BCUT2D eigenvalue weighted by molar-refractivity contribution is 7.53. The van der Waals surface area contributed by atoms with Crippen LogP contribution >= 0.6 is 8.17 Å². The van der Waals surface area contributed by atoms with Crippen molar-refractivity contribution < 1.29 is 113 Å². The molecule has 418 valence electrons. The molecule has 11 atom stereocenters. The van der Waals surface area contributed by atoms with Crippen LogP contribution in [0.3, 0.4) is 0 Å². The zero-order valence-corrected chi connectivity index (χ0v) is 41.6. The minimum absolute atomic E-state index is 0.00797. The number of rotatable bonds is 31. The van der Waals surface area contributed by atoms with Gasteiger partial charge in [-0.15, -0.1) is 0 Å². The van der Waals surface area contributed by atoms with E-state index in [0.717, 1.165) is 30.9 Å². The van der Waals surface area contributed by atoms with E-state index in [1.165, 1.54) is 19.1 Å². The SMILES string of the molecule is C[C@@H](O)[C@H]([NH3+])C(=O)N[C@@H](CC(N)=O)C(=O)N[C@@H](CCC(=O)O)C(=O)N[C@@H](Cc1ccc(O[P+](O)(O)O)cc1)C(=O)N[C@H](C(=O)N[C@@H](CCC(=O)O)C(=O)NCC(=O)N1CCC[C@H]1C(=O)N[C@H](C(=O)O)[C@@H](C)O)[C@@H](C)O. The molecular formula is C42H65N10O22P+2. The Morgan fingerprint density at radius 3 is 1.65 bits per heavy atom. The van der Waals surface area contributed by atoms with Gasteiger partial charge in [0.2, 0.25) is 47.3 Å². The third-order valence-corrected chi connectivity index (χ3v) is 11.6. The first-order chi connectivity index (χ1) is 34.8. The number of carbonyl (C=O) groups excluding carboxylic acids is 9. The molecule has 0 aliphatic carbocycles. The summed E-state index contributed by atoms with van der Waals surface area (Å²) >= 11 is 0. The minimum Gasteiger partial charge on any atom is -0.481 e. The Labute approximate surface area is 426 Å². The summed E-state index contributed by atoms with van der Waals surface area (Å²) in [4.78, 5) is 183. The Hall–Kier alpha value is -7.19. The number of likely N-dealkylation sites (tertiary alicyclic amines) is 1. The predicted molar refractivity (Wildman–Crippen MR) is 251 cm³/mol. The molecule has 21 N–H and O–H groups in total. The van der Waals surface area contributed by atoms with Crippen molar-refractivity contribution in [2.24, 2.45) is 5.73 Å². The molecule has 1 aliphatic heterocycles. The Bertz CT molecular complexity index is 2250. The smallest absolute Gasteiger partial charge is 0.481 e. The quantitative estimate of drug-likeness (QED) is 0.0307. The third kappa shape index (κ3) is 22.1. The van der Waals surface area contributed by atoms with E-state index in [1.54, 1.807) is 0 Å². The summed E-state index contributed by atoms with van der Waals surface area (Å²) in [6.45, 7) is 2.49. The molecule has 9 amide bonds. The summed E-state index contributed by atoms with van der Waals surface area (Å²) in [5, 5.41) is 73.9. The van der Waals surface area contributed by atoms with Crippen LogP contribution in [0.15, 0.2) is 24.3 Å². The number of carbonyl (C=O) groups is 12. The van der Waals surface area contributed by atoms with Crippen LogP contribution in [0, 0.1) is 0 Å². The summed E-state index contributed by atoms with van der Waals surface area (Å²) in [6, 6.07) is -9.05. The maximum absolute atomic E-state index is 14.2. The van der Waals surface area contributed by atoms with Crippen LogP contribution in [0.2, 0.25) is 0 Å². The second-order valence-corrected chi connectivity index (χ2v) is 18.5. The van der Waals surface area contributed by atoms with E-state index in [1.807, 2.05) is 0 Å². The lowest BCUT2D eigenvalue weighted by Gasteiger charge is -2.28. The Balaban J connectivity index is 2.46. The highest BCUT2D eigenvalue weighted by atomic mass is 31.2. The van der Waals surface area contributed by atoms with Gasteiger partial charge in [-0.2, -0.15) is 14.7 Å². The van der Waals surface area contributed by atoms with Crippen LogP contribution < -0.4 is 53.2 Å². The number of quaternary nitrogens is 1. The van der Waals surface area contributed by atoms with Crippen LogP contribution in [0.5, 0.6) is 5.75 Å². The first-order valence-electron chi connectivity index (χ1n) is 22.9. The molecule has 1 heterocycles. The zero-order valence-electron chi connectivity index (χ0n) is 40.7. The summed E-state index contributed by atoms with van der Waals surface area (Å²) in [5.74, 6) is -15.0. The van der Waals surface area contributed by atoms with E-state index in [0.29, 0.717) is 0 Å². The third-order valence-electron chi connectivity index (χ3n) is 11.1. The molecule has 0 unspecified atom stereocenters. The number of primary amides is 1. The molecule has 33 heteroatoms. The number of carboxylic acid groups (broad SMARTS) is 3. The average Bonchev–Trinajstić information content (AvgIpc) is 3.80. The fourth-order valence-electron chi connectivity index (χ4n) is 7.08. The molecule has 2 rings (SSSR count). The van der Waals surface area contributed by atoms with Gasteiger partial charge in [-0.3, -0.25) is 57.3 Å². The van der Waals surface area contributed by atoms with Crippen molar-refractivity contribution in [2.45, 2.75) is 139 Å². The van der Waals surface area contributed by atoms with Gasteiger partial charge in [0.25, 0.3) is 5.91 Å². The van der Waals surface area contributed by atoms with Crippen LogP contribution in [0.25, 0.3) is 0 Å². The van der Waals surface area contributed by atoms with Crippen molar-refractivity contribution in [3.63, 3.8) is 0 Å². The molecule has 1 aromatic carbocycles. The molecule has 0 spiro atoms. The van der Waals surface area contributed by atoms with Gasteiger partial charge in [0.1, 0.15) is 42.4 Å². The number of hydrogen-bond acceptors (Lipinski definition) is 19. The number of aliphatic hydroxyl groups is 3. The van der Waals surface area contributed by atoms with Crippen LogP contribution in [0.1, 0.15) is 71.3 Å². The van der Waals surface area contributed by atoms with Crippen molar-refractivity contribution >= 4 is 79.2 Å². The van der Waals surface area contributed by atoms with Crippen molar-refractivity contribution in [2.75, 3.05) is 13.1 Å². The van der Waals surface area contributed by atoms with E-state index in [4.69, 9.17) is 5.73 Å². The van der Waals surface area contributed by atoms with Gasteiger partial charge in [0, 0.05) is 25.8 Å². The molecule has 1 aromatic rings. The van der Waals surface area contributed by atoms with Crippen LogP contribution in [-0.4, -0.2) is 201 Å². The number of hydrogen-bond donors (Lipinski definition) is 18. The monoisotopic (exact) mass is 1090 g/mol. The lowest BCUT2D eigenvalue weighted by Crippen LogP contribution is -2.73. The van der Waals surface area contributed by atoms with Crippen molar-refractivity contribution in [1.82, 2.24) is 42.1 Å². The van der Waals surface area contributed by atoms with Gasteiger partial charge in [-0.1, -0.05) is 12.1 Å². The molecule has 32 nitrogen and oxygen atoms in total. The number of aliphatic carboxylic acids is 3. The van der Waals surface area contributed by atoms with Gasteiger partial charge in [0.15, 0.2) is 17.8 Å². The number of benzene rings is 1. The van der Waals surface area contributed by atoms with E-state index in [2.05, 4.69) is 47.5 Å². The molecule has 1 saturated heterocycles. The maximum Gasteiger partial charge on any atom is 0.613 e. The summed E-state index contributed by atoms with van der Waals surface area (Å²) in [5.41, 5.74) is 8.85. The molecule has 0 aromatic heterocycles. The van der Waals surface area contributed by atoms with E-state index < -0.39 is 191 Å². The molecule has 1 aliphatic rings. The summed E-state index contributed by atoms with van der Waals surface area (Å²) < 4.78 is 4.63. The van der Waals surface area contributed by atoms with Crippen molar-refractivity contribution in [3.8, 4) is 5.75 Å². The van der Waals surface area contributed by atoms with Gasteiger partial charge in [0.05, 0.1) is 25.2 Å². The summed E-state index contributed by atoms with van der Waals surface area (Å²) in [7, 11) is -4.80. The topological polar surface area (TPSA) is 537 Å². The summed E-state index contributed by atoms with van der Waals surface area (Å²) in [6.07, 6.45) is -8.64. The average molecular weight is 1090 g/mol. The first-order valence-corrected chi connectivity index (χ1v) is 24.4. The second kappa shape index (κ2) is 29.6. The number of nitrogens with two attached hydrogens (primary N) is 1. The molecule has 0 bridgehead atoms. The highest BCUT2D eigenvalue weighted by Crippen LogP contribution is 2.46. The standard InChI is InChI=1S/C42H63N10O22P/c1-18(53)32(44)40(67)49-26(16-28(43)56)37(64)46-24(11-13-31(60)61)36(63)48-25(15-21-6-8-22(9-7-21)74-75(71,72)73)38(65)50-33(19(2)54)41(68)47-23(10-12-30(58)59)35(62)45-17-29(57)52-14-4-5-27(52)39(66)51-34(20(3)55)42(69)70/h6-9,18-20,23-27,32-34,53-55,71-73H,4-5,10-17,44H2,1-3H3,(H11-,43,45,46,47,48,49,50,51,56,58,59,60,61,62,63,64,65,66,67,68,69,70)/p+2/t18-,19-,20-,23+,24+,25+,26+,27+,32+,33+,34+/m1/s1. The largest absolute Gasteiger partial charge is 0.613 e. The Kier molecular flexibility index (Phi) is 25.3. The number of aliphatic hydroxyl groups excluding tert-OH is 3. The minimum atomic E-state index is -4.80. The van der Waals surface area contributed by atoms with Gasteiger partial charge >= 0.3 is 26.1 Å². The Morgan fingerprint density at radius 1 is 0.667 bits per heavy atom. The van der Waals surface area contributed by atoms with Crippen molar-refractivity contribution in [1.29, 1.82) is 0 Å². The van der Waals surface area contributed by atoms with E-state index >= 15 is 0 Å². The van der Waals surface area contributed by atoms with E-state index in [9.17, 15) is 103 Å². The lowest BCUT2D eigenvalue weighted by molar-refractivity contribution is -0.419.